The third-order valence-electron chi connectivity index (χ3n) is 8.93. The maximum atomic E-state index is 14.0. The molecule has 3 heterocycles. The number of amides is 2. The van der Waals surface area contributed by atoms with Crippen molar-refractivity contribution in [3.8, 4) is 0 Å². The van der Waals surface area contributed by atoms with Gasteiger partial charge in [0.15, 0.2) is 0 Å². The van der Waals surface area contributed by atoms with E-state index >= 15 is 0 Å². The molecule has 1 fully saturated rings. The molecule has 2 aliphatic heterocycles. The van der Waals surface area contributed by atoms with Gasteiger partial charge in [-0.1, -0.05) is 44.2 Å². The van der Waals surface area contributed by atoms with Crippen LogP contribution in [-0.4, -0.2) is 79.6 Å². The lowest BCUT2D eigenvalue weighted by Gasteiger charge is -2.30. The van der Waals surface area contributed by atoms with Crippen LogP contribution in [0.3, 0.4) is 0 Å². The van der Waals surface area contributed by atoms with Crippen LogP contribution in [-0.2, 0) is 39.1 Å². The molecule has 2 aromatic carbocycles. The minimum atomic E-state index is -3.80. The van der Waals surface area contributed by atoms with E-state index in [1.54, 1.807) is 6.92 Å². The summed E-state index contributed by atoms with van der Waals surface area (Å²) in [7, 11) is -3.80. The molecule has 1 saturated heterocycles. The van der Waals surface area contributed by atoms with E-state index in [-0.39, 0.29) is 35.8 Å². The van der Waals surface area contributed by atoms with Gasteiger partial charge in [-0.3, -0.25) is 19.3 Å². The molecule has 1 aromatic heterocycles. The van der Waals surface area contributed by atoms with Gasteiger partial charge in [0.25, 0.3) is 11.8 Å². The van der Waals surface area contributed by atoms with Crippen LogP contribution in [0.25, 0.3) is 0 Å². The fourth-order valence-corrected chi connectivity index (χ4v) is 9.20. The number of piperidine rings is 1. The maximum absolute atomic E-state index is 14.0. The fraction of sp³-hybridized carbons (Fsp3) is 0.472. The SMILES string of the molecule is CCCN(CCC)C(=O)c1c(NC(=O)c2ccc(S(=O)(=O)N3CCC(C(=O)OCC)CC3)cc2)sc2c1CCN(Cc1ccccc1)C2. The Bertz CT molecular complexity index is 1680. The van der Waals surface area contributed by atoms with E-state index in [1.807, 2.05) is 23.1 Å². The van der Waals surface area contributed by atoms with Crippen molar-refractivity contribution in [2.24, 2.45) is 5.92 Å². The zero-order chi connectivity index (χ0) is 34.3. The van der Waals surface area contributed by atoms with Crippen molar-refractivity contribution >= 4 is 44.1 Å². The Labute approximate surface area is 288 Å². The van der Waals surface area contributed by atoms with E-state index in [1.165, 1.54) is 45.5 Å². The third-order valence-corrected chi connectivity index (χ3v) is 12.0. The molecule has 0 bridgehead atoms. The zero-order valence-electron chi connectivity index (χ0n) is 28.1. The Morgan fingerprint density at radius 2 is 1.60 bits per heavy atom. The van der Waals surface area contributed by atoms with Gasteiger partial charge in [-0.25, -0.2) is 8.42 Å². The summed E-state index contributed by atoms with van der Waals surface area (Å²) in [6, 6.07) is 16.2. The number of hydrogen-bond acceptors (Lipinski definition) is 8. The van der Waals surface area contributed by atoms with E-state index in [2.05, 4.69) is 36.2 Å². The van der Waals surface area contributed by atoms with Crippen LogP contribution in [0.4, 0.5) is 5.00 Å². The number of carbonyl (C=O) groups is 3. The molecule has 0 saturated carbocycles. The van der Waals surface area contributed by atoms with E-state index in [4.69, 9.17) is 4.74 Å². The van der Waals surface area contributed by atoms with Gasteiger partial charge in [0.1, 0.15) is 5.00 Å². The van der Waals surface area contributed by atoms with Crippen LogP contribution in [0.2, 0.25) is 0 Å². The van der Waals surface area contributed by atoms with Gasteiger partial charge in [0, 0.05) is 56.3 Å². The highest BCUT2D eigenvalue weighted by Crippen LogP contribution is 2.39. The van der Waals surface area contributed by atoms with E-state index in [0.29, 0.717) is 61.6 Å². The molecule has 0 spiro atoms. The molecule has 0 aliphatic carbocycles. The monoisotopic (exact) mass is 694 g/mol. The summed E-state index contributed by atoms with van der Waals surface area (Å²) >= 11 is 1.46. The molecule has 12 heteroatoms. The van der Waals surface area contributed by atoms with Gasteiger partial charge in [-0.2, -0.15) is 4.31 Å². The van der Waals surface area contributed by atoms with Gasteiger partial charge in [-0.05, 0) is 74.4 Å². The van der Waals surface area contributed by atoms with Crippen molar-refractivity contribution in [2.45, 2.75) is 70.9 Å². The predicted molar refractivity (Wildman–Crippen MR) is 188 cm³/mol. The minimum Gasteiger partial charge on any atom is -0.466 e. The Kier molecular flexibility index (Phi) is 12.1. The van der Waals surface area contributed by atoms with Crippen molar-refractivity contribution in [3.63, 3.8) is 0 Å². The zero-order valence-corrected chi connectivity index (χ0v) is 29.7. The molecule has 2 aliphatic rings. The van der Waals surface area contributed by atoms with Gasteiger partial charge >= 0.3 is 5.97 Å². The van der Waals surface area contributed by atoms with Crippen LogP contribution in [0.5, 0.6) is 0 Å². The van der Waals surface area contributed by atoms with Crippen molar-refractivity contribution in [2.75, 3.05) is 44.6 Å². The molecule has 1 N–H and O–H groups in total. The lowest BCUT2D eigenvalue weighted by Crippen LogP contribution is -2.40. The number of ether oxygens (including phenoxy) is 1. The van der Waals surface area contributed by atoms with Crippen molar-refractivity contribution in [1.82, 2.24) is 14.1 Å². The highest BCUT2D eigenvalue weighted by Gasteiger charge is 2.34. The van der Waals surface area contributed by atoms with E-state index < -0.39 is 15.9 Å². The van der Waals surface area contributed by atoms with Crippen molar-refractivity contribution in [1.29, 1.82) is 0 Å². The summed E-state index contributed by atoms with van der Waals surface area (Å²) < 4.78 is 33.2. The Hall–Kier alpha value is -3.58. The first kappa shape index (κ1) is 35.7. The average molecular weight is 695 g/mol. The van der Waals surface area contributed by atoms with Crippen molar-refractivity contribution < 1.29 is 27.5 Å². The summed E-state index contributed by atoms with van der Waals surface area (Å²) in [5.41, 5.74) is 3.11. The number of fused-ring (bicyclic) bond motifs is 1. The summed E-state index contributed by atoms with van der Waals surface area (Å²) in [5.74, 6) is -1.05. The second-order valence-corrected chi connectivity index (χ2v) is 15.4. The molecule has 2 amide bonds. The summed E-state index contributed by atoms with van der Waals surface area (Å²) in [5, 5.41) is 3.56. The largest absolute Gasteiger partial charge is 0.466 e. The fourth-order valence-electron chi connectivity index (χ4n) is 6.45. The number of esters is 1. The lowest BCUT2D eigenvalue weighted by molar-refractivity contribution is -0.149. The molecule has 0 radical (unpaired) electrons. The normalized spacial score (nSPS) is 15.9. The molecule has 5 rings (SSSR count). The van der Waals surface area contributed by atoms with Gasteiger partial charge < -0.3 is 15.0 Å². The highest BCUT2D eigenvalue weighted by molar-refractivity contribution is 7.89. The number of carbonyl (C=O) groups excluding carboxylic acids is 3. The second kappa shape index (κ2) is 16.2. The van der Waals surface area contributed by atoms with E-state index in [0.717, 1.165) is 36.4 Å². The summed E-state index contributed by atoms with van der Waals surface area (Å²) in [4.78, 5) is 45.1. The number of nitrogens with zero attached hydrogens (tertiary/aromatic N) is 3. The molecule has 258 valence electrons. The molecule has 0 unspecified atom stereocenters. The first-order valence-corrected chi connectivity index (χ1v) is 19.2. The molecule has 0 atom stereocenters. The van der Waals surface area contributed by atoms with Gasteiger partial charge in [0.2, 0.25) is 10.0 Å². The molecule has 3 aromatic rings. The lowest BCUT2D eigenvalue weighted by atomic mass is 9.98. The van der Waals surface area contributed by atoms with Gasteiger partial charge in [0.05, 0.1) is 23.0 Å². The standard InChI is InChI=1S/C36H46N4O6S2/c1-4-19-39(20-5-2)35(42)32-30-18-21-38(24-26-10-8-7-9-11-26)25-31(30)47-34(32)37-33(41)27-12-14-29(15-13-27)48(44,45)40-22-16-28(17-23-40)36(43)46-6-3/h7-15,28H,4-6,16-25H2,1-3H3,(H,37,41). The number of anilines is 1. The van der Waals surface area contributed by atoms with Crippen LogP contribution in [0.1, 0.15) is 83.2 Å². The third kappa shape index (κ3) is 8.16. The first-order chi connectivity index (χ1) is 23.2. The Balaban J connectivity index is 1.34. The van der Waals surface area contributed by atoms with Crippen LogP contribution >= 0.6 is 11.3 Å². The number of rotatable bonds is 13. The minimum absolute atomic E-state index is 0.0591. The topological polar surface area (TPSA) is 116 Å². The van der Waals surface area contributed by atoms with Crippen LogP contribution < -0.4 is 5.32 Å². The Morgan fingerprint density at radius 3 is 2.23 bits per heavy atom. The smallest absolute Gasteiger partial charge is 0.309 e. The Morgan fingerprint density at radius 1 is 0.938 bits per heavy atom. The first-order valence-electron chi connectivity index (χ1n) is 16.9. The highest BCUT2D eigenvalue weighted by atomic mass is 32.2. The second-order valence-electron chi connectivity index (χ2n) is 12.4. The molecular formula is C36H46N4O6S2. The maximum Gasteiger partial charge on any atom is 0.309 e. The summed E-state index contributed by atoms with van der Waals surface area (Å²) in [6.45, 7) is 10.2. The summed E-state index contributed by atoms with van der Waals surface area (Å²) in [6.07, 6.45) is 3.20. The molecule has 48 heavy (non-hydrogen) atoms. The average Bonchev–Trinajstić information content (AvgIpc) is 3.45. The number of nitrogens with one attached hydrogen (secondary N) is 1. The molecular weight excluding hydrogens is 649 g/mol. The number of thiophene rings is 1. The predicted octanol–water partition coefficient (Wildman–Crippen LogP) is 5.78. The quantitative estimate of drug-likeness (QED) is 0.226. The molecule has 10 nitrogen and oxygen atoms in total. The van der Waals surface area contributed by atoms with Crippen molar-refractivity contribution in [3.05, 3.63) is 81.7 Å². The van der Waals surface area contributed by atoms with Crippen LogP contribution in [0.15, 0.2) is 59.5 Å². The van der Waals surface area contributed by atoms with Gasteiger partial charge in [-0.15, -0.1) is 11.3 Å². The van der Waals surface area contributed by atoms with E-state index in [9.17, 15) is 22.8 Å². The number of sulfonamides is 1. The number of hydrogen-bond donors (Lipinski definition) is 1. The van der Waals surface area contributed by atoms with Crippen LogP contribution in [0, 0.1) is 5.92 Å². The number of benzene rings is 2.